The van der Waals surface area contributed by atoms with Gasteiger partial charge in [-0.1, -0.05) is 41.7 Å². The first-order valence-corrected chi connectivity index (χ1v) is 4.94. The van der Waals surface area contributed by atoms with Crippen molar-refractivity contribution in [2.24, 2.45) is 0 Å². The van der Waals surface area contributed by atoms with Crippen molar-refractivity contribution in [3.8, 4) is 0 Å². The summed E-state index contributed by atoms with van der Waals surface area (Å²) in [5.74, 6) is 0.722. The van der Waals surface area contributed by atoms with E-state index in [0.29, 0.717) is 15.1 Å². The van der Waals surface area contributed by atoms with Crippen molar-refractivity contribution in [3.63, 3.8) is 0 Å². The van der Waals surface area contributed by atoms with Crippen molar-refractivity contribution in [1.29, 1.82) is 0 Å². The van der Waals surface area contributed by atoms with Crippen LogP contribution in [0.1, 0.15) is 6.92 Å². The van der Waals surface area contributed by atoms with Crippen LogP contribution in [-0.2, 0) is 0 Å². The SMILES string of the molecule is CCCl.Clc1cc(Cl)cc(Cl)c1.O. The Balaban J connectivity index is 0. The Hall–Kier alpha value is 0.340. The monoisotopic (exact) mass is 262 g/mol. The molecule has 76 valence electrons. The molecule has 0 unspecified atom stereocenters. The lowest BCUT2D eigenvalue weighted by Crippen LogP contribution is -1.65. The molecule has 0 atom stereocenters. The topological polar surface area (TPSA) is 31.5 Å². The summed E-state index contributed by atoms with van der Waals surface area (Å²) in [5.41, 5.74) is 0. The zero-order chi connectivity index (χ0) is 9.56. The van der Waals surface area contributed by atoms with E-state index in [4.69, 9.17) is 46.4 Å². The molecule has 0 spiro atoms. The highest BCUT2D eigenvalue weighted by molar-refractivity contribution is 6.38. The summed E-state index contributed by atoms with van der Waals surface area (Å²) < 4.78 is 0. The van der Waals surface area contributed by atoms with Crippen LogP contribution in [0.3, 0.4) is 0 Å². The molecule has 0 radical (unpaired) electrons. The molecule has 13 heavy (non-hydrogen) atoms. The Kier molecular flexibility index (Phi) is 10.8. The van der Waals surface area contributed by atoms with Crippen LogP contribution in [-0.4, -0.2) is 11.4 Å². The summed E-state index contributed by atoms with van der Waals surface area (Å²) in [4.78, 5) is 0. The van der Waals surface area contributed by atoms with E-state index in [2.05, 4.69) is 0 Å². The van der Waals surface area contributed by atoms with Crippen LogP contribution < -0.4 is 0 Å². The molecule has 2 N–H and O–H groups in total. The summed E-state index contributed by atoms with van der Waals surface area (Å²) in [7, 11) is 0. The number of rotatable bonds is 0. The first kappa shape index (κ1) is 15.8. The van der Waals surface area contributed by atoms with Gasteiger partial charge in [0, 0.05) is 20.9 Å². The predicted octanol–water partition coefficient (Wildman–Crippen LogP) is 4.07. The number of halogens is 4. The summed E-state index contributed by atoms with van der Waals surface area (Å²) in [5, 5.41) is 1.69. The van der Waals surface area contributed by atoms with Crippen molar-refractivity contribution >= 4 is 46.4 Å². The molecule has 1 rings (SSSR count). The molecule has 0 aromatic heterocycles. The van der Waals surface area contributed by atoms with Crippen LogP contribution in [0.2, 0.25) is 15.1 Å². The van der Waals surface area contributed by atoms with E-state index >= 15 is 0 Å². The normalized spacial score (nSPS) is 8.08. The minimum Gasteiger partial charge on any atom is -0.412 e. The molecule has 1 aromatic carbocycles. The number of hydrogen-bond donors (Lipinski definition) is 0. The van der Waals surface area contributed by atoms with E-state index < -0.39 is 0 Å². The summed E-state index contributed by atoms with van der Waals surface area (Å²) >= 11 is 21.7. The molecule has 0 saturated heterocycles. The highest BCUT2D eigenvalue weighted by Gasteiger charge is 1.92. The van der Waals surface area contributed by atoms with Gasteiger partial charge in [-0.15, -0.1) is 11.6 Å². The quantitative estimate of drug-likeness (QED) is 0.632. The maximum absolute atomic E-state index is 5.58. The Morgan fingerprint density at radius 3 is 1.23 bits per heavy atom. The molecule has 1 nitrogen and oxygen atoms in total. The Bertz CT molecular complexity index is 189. The van der Waals surface area contributed by atoms with Gasteiger partial charge in [0.1, 0.15) is 0 Å². The third-order valence-electron chi connectivity index (χ3n) is 0.827. The number of hydrogen-bond acceptors (Lipinski definition) is 0. The smallest absolute Gasteiger partial charge is 0.0435 e. The second-order valence-corrected chi connectivity index (χ2v) is 3.70. The number of benzene rings is 1. The zero-order valence-electron chi connectivity index (χ0n) is 6.95. The fourth-order valence-corrected chi connectivity index (χ4v) is 1.39. The Morgan fingerprint density at radius 2 is 1.08 bits per heavy atom. The molecule has 0 aliphatic heterocycles. The fourth-order valence-electron chi connectivity index (χ4n) is 0.520. The van der Waals surface area contributed by atoms with Crippen LogP contribution >= 0.6 is 46.4 Å². The van der Waals surface area contributed by atoms with Gasteiger partial charge in [-0.25, -0.2) is 0 Å². The third kappa shape index (κ3) is 8.66. The predicted molar refractivity (Wildman–Crippen MR) is 61.5 cm³/mol. The molecule has 0 aliphatic rings. The van der Waals surface area contributed by atoms with Crippen molar-refractivity contribution in [3.05, 3.63) is 33.3 Å². The summed E-state index contributed by atoms with van der Waals surface area (Å²) in [6.07, 6.45) is 0. The van der Waals surface area contributed by atoms with Crippen molar-refractivity contribution in [2.45, 2.75) is 6.92 Å². The lowest BCUT2D eigenvalue weighted by molar-refractivity contribution is 0.824. The largest absolute Gasteiger partial charge is 0.412 e. The molecule has 0 saturated carbocycles. The van der Waals surface area contributed by atoms with Crippen molar-refractivity contribution < 1.29 is 5.48 Å². The fraction of sp³-hybridized carbons (Fsp3) is 0.250. The van der Waals surface area contributed by atoms with Gasteiger partial charge in [-0.2, -0.15) is 0 Å². The van der Waals surface area contributed by atoms with E-state index in [1.807, 2.05) is 6.92 Å². The van der Waals surface area contributed by atoms with Gasteiger partial charge < -0.3 is 5.48 Å². The van der Waals surface area contributed by atoms with Crippen LogP contribution in [0.4, 0.5) is 0 Å². The van der Waals surface area contributed by atoms with E-state index in [1.165, 1.54) is 0 Å². The summed E-state index contributed by atoms with van der Waals surface area (Å²) in [6, 6.07) is 4.90. The molecule has 1 aromatic rings. The molecule has 5 heteroatoms. The standard InChI is InChI=1S/C6H3Cl3.C2H5Cl.H2O/c7-4-1-5(8)3-6(9)2-4;1-2-3;/h1-3H;2H2,1H3;1H2. The molecule has 0 fully saturated rings. The lowest BCUT2D eigenvalue weighted by atomic mass is 10.4. The van der Waals surface area contributed by atoms with Gasteiger partial charge in [-0.05, 0) is 18.2 Å². The highest BCUT2D eigenvalue weighted by Crippen LogP contribution is 2.21. The van der Waals surface area contributed by atoms with Crippen molar-refractivity contribution in [1.82, 2.24) is 0 Å². The Labute approximate surface area is 97.9 Å². The molecule has 0 bridgehead atoms. The zero-order valence-corrected chi connectivity index (χ0v) is 9.97. The molecular formula is C8H10Cl4O. The van der Waals surface area contributed by atoms with Gasteiger partial charge in [-0.3, -0.25) is 0 Å². The third-order valence-corrected chi connectivity index (χ3v) is 1.48. The van der Waals surface area contributed by atoms with Crippen LogP contribution in [0.5, 0.6) is 0 Å². The van der Waals surface area contributed by atoms with Gasteiger partial charge in [0.25, 0.3) is 0 Å². The van der Waals surface area contributed by atoms with Gasteiger partial charge in [0.05, 0.1) is 0 Å². The molecule has 0 heterocycles. The first-order valence-electron chi connectivity index (χ1n) is 3.27. The molecule has 0 amide bonds. The average molecular weight is 264 g/mol. The Morgan fingerprint density at radius 1 is 0.923 bits per heavy atom. The van der Waals surface area contributed by atoms with E-state index in [1.54, 1.807) is 18.2 Å². The maximum atomic E-state index is 5.58. The number of alkyl halides is 1. The van der Waals surface area contributed by atoms with Crippen LogP contribution in [0.15, 0.2) is 18.2 Å². The van der Waals surface area contributed by atoms with E-state index in [9.17, 15) is 0 Å². The van der Waals surface area contributed by atoms with Gasteiger partial charge >= 0.3 is 0 Å². The van der Waals surface area contributed by atoms with Crippen LogP contribution in [0.25, 0.3) is 0 Å². The molecular weight excluding hydrogens is 254 g/mol. The second-order valence-electron chi connectivity index (χ2n) is 1.85. The first-order chi connectivity index (χ1) is 5.60. The molecule has 0 aliphatic carbocycles. The minimum atomic E-state index is 0. The maximum Gasteiger partial charge on any atom is 0.0435 e. The highest BCUT2D eigenvalue weighted by atomic mass is 35.5. The van der Waals surface area contributed by atoms with E-state index in [0.717, 1.165) is 5.88 Å². The van der Waals surface area contributed by atoms with Gasteiger partial charge in [0.2, 0.25) is 0 Å². The summed E-state index contributed by atoms with van der Waals surface area (Å²) in [6.45, 7) is 1.89. The van der Waals surface area contributed by atoms with E-state index in [-0.39, 0.29) is 5.48 Å². The average Bonchev–Trinajstić information content (AvgIpc) is 1.84. The second kappa shape index (κ2) is 8.92. The van der Waals surface area contributed by atoms with Crippen molar-refractivity contribution in [2.75, 3.05) is 5.88 Å². The van der Waals surface area contributed by atoms with Crippen LogP contribution in [0, 0.1) is 0 Å². The van der Waals surface area contributed by atoms with Gasteiger partial charge in [0.15, 0.2) is 0 Å². The minimum absolute atomic E-state index is 0. The lowest BCUT2D eigenvalue weighted by Gasteiger charge is -1.91.